The van der Waals surface area contributed by atoms with E-state index in [1.54, 1.807) is 12.4 Å². The maximum Gasteiger partial charge on any atom is 0.289 e. The fraction of sp³-hybridized carbons (Fsp3) is 0.0909. The molecule has 0 saturated carbocycles. The molecule has 0 aliphatic rings. The number of carbonyl (C=O) groups excluding carboxylic acids is 1. The van der Waals surface area contributed by atoms with E-state index in [-0.39, 0.29) is 17.8 Å². The number of H-pyrrole nitrogens is 1. The Hall–Kier alpha value is -6.60. The van der Waals surface area contributed by atoms with Crippen molar-refractivity contribution in [2.45, 2.75) is 25.4 Å². The summed E-state index contributed by atoms with van der Waals surface area (Å²) in [6, 6.07) is 47.5. The first-order valence-corrected chi connectivity index (χ1v) is 17.0. The van der Waals surface area contributed by atoms with E-state index >= 15 is 0 Å². The number of carbonyl (C=O) groups is 1. The Morgan fingerprint density at radius 3 is 1.88 bits per heavy atom. The minimum absolute atomic E-state index is 0.127. The Labute approximate surface area is 296 Å². The van der Waals surface area contributed by atoms with Gasteiger partial charge >= 0.3 is 0 Å². The van der Waals surface area contributed by atoms with Crippen molar-refractivity contribution in [1.82, 2.24) is 30.0 Å². The molecule has 0 saturated heterocycles. The van der Waals surface area contributed by atoms with Gasteiger partial charge in [0.1, 0.15) is 5.54 Å². The number of pyridine rings is 1. The summed E-state index contributed by atoms with van der Waals surface area (Å²) in [6.45, 7) is 7.99. The first kappa shape index (κ1) is 31.7. The Balaban J connectivity index is 1.34. The Kier molecular flexibility index (Phi) is 8.08. The van der Waals surface area contributed by atoms with Gasteiger partial charge in [-0.1, -0.05) is 121 Å². The molecule has 3 heterocycles. The molecule has 0 aliphatic heterocycles. The number of amides is 1. The molecule has 8 rings (SSSR count). The van der Waals surface area contributed by atoms with Crippen LogP contribution in [0.25, 0.3) is 38.8 Å². The van der Waals surface area contributed by atoms with Crippen molar-refractivity contribution in [1.29, 1.82) is 0 Å². The third kappa shape index (κ3) is 5.59. The molecule has 5 aromatic carbocycles. The molecule has 0 aliphatic carbocycles. The largest absolute Gasteiger partial charge is 0.343 e. The zero-order valence-corrected chi connectivity index (χ0v) is 28.4. The number of aromatic amines is 1. The van der Waals surface area contributed by atoms with Gasteiger partial charge in [0.2, 0.25) is 5.82 Å². The first-order valence-electron chi connectivity index (χ1n) is 17.0. The molecule has 1 atom stereocenters. The predicted octanol–water partition coefficient (Wildman–Crippen LogP) is 9.34. The molecule has 0 radical (unpaired) electrons. The summed E-state index contributed by atoms with van der Waals surface area (Å²) in [5.74, 6) is -0.206. The molecule has 0 spiro atoms. The standard InChI is InChI=1S/C44H36N6O/c1-29(2)32-14-13-15-33(26-32)30(3)46-43(51)42-47-38-27-37-40(28-39(38)48-42)50(49-41(37)31-22-24-45-25-23-31)44(34-16-7-4-8-17-34,35-18-9-5-10-19-35)36-20-11-6-12-21-36/h4-28,30,49H,1H2,2-3H3,(H,46,51). The van der Waals surface area contributed by atoms with E-state index in [1.807, 2.05) is 74.5 Å². The van der Waals surface area contributed by atoms with Gasteiger partial charge in [0, 0.05) is 23.3 Å². The van der Waals surface area contributed by atoms with Crippen LogP contribution in [0.3, 0.4) is 0 Å². The number of benzene rings is 5. The summed E-state index contributed by atoms with van der Waals surface area (Å²) in [6.07, 6.45) is 3.59. The van der Waals surface area contributed by atoms with Gasteiger partial charge in [0.15, 0.2) is 0 Å². The highest BCUT2D eigenvalue weighted by molar-refractivity contribution is 6.03. The number of allylic oxidation sites excluding steroid dienone is 1. The fourth-order valence-electron chi connectivity index (χ4n) is 7.06. The van der Waals surface area contributed by atoms with Crippen LogP contribution in [-0.4, -0.2) is 30.6 Å². The maximum atomic E-state index is 13.6. The molecule has 0 bridgehead atoms. The van der Waals surface area contributed by atoms with Crippen molar-refractivity contribution in [3.05, 3.63) is 192 Å². The number of imidazole rings is 1. The molecule has 3 aromatic heterocycles. The van der Waals surface area contributed by atoms with E-state index < -0.39 is 5.54 Å². The van der Waals surface area contributed by atoms with E-state index in [1.165, 1.54) is 0 Å². The van der Waals surface area contributed by atoms with E-state index in [9.17, 15) is 4.79 Å². The fourth-order valence-corrected chi connectivity index (χ4v) is 7.06. The van der Waals surface area contributed by atoms with Crippen molar-refractivity contribution in [3.8, 4) is 11.3 Å². The average Bonchev–Trinajstić information content (AvgIpc) is 3.77. The van der Waals surface area contributed by atoms with Crippen molar-refractivity contribution in [3.63, 3.8) is 0 Å². The Bertz CT molecular complexity index is 2410. The first-order chi connectivity index (χ1) is 24.9. The molecular formula is C44H36N6O. The summed E-state index contributed by atoms with van der Waals surface area (Å²) in [4.78, 5) is 27.5. The lowest BCUT2D eigenvalue weighted by atomic mass is 9.77. The van der Waals surface area contributed by atoms with Crippen molar-refractivity contribution in [2.75, 3.05) is 0 Å². The molecule has 248 valence electrons. The Morgan fingerprint density at radius 1 is 0.745 bits per heavy atom. The highest BCUT2D eigenvalue weighted by Crippen LogP contribution is 2.44. The van der Waals surface area contributed by atoms with Crippen LogP contribution >= 0.6 is 0 Å². The number of nitrogens with zero attached hydrogens (tertiary/aromatic N) is 4. The molecule has 1 amide bonds. The van der Waals surface area contributed by atoms with Gasteiger partial charge in [0.25, 0.3) is 5.91 Å². The Morgan fingerprint density at radius 2 is 1.31 bits per heavy atom. The van der Waals surface area contributed by atoms with Crippen LogP contribution in [0.15, 0.2) is 158 Å². The smallest absolute Gasteiger partial charge is 0.289 e. The zero-order valence-electron chi connectivity index (χ0n) is 28.4. The van der Waals surface area contributed by atoms with Gasteiger partial charge in [-0.25, -0.2) is 9.97 Å². The normalized spacial score (nSPS) is 12.2. The van der Waals surface area contributed by atoms with E-state index in [2.05, 4.69) is 106 Å². The highest BCUT2D eigenvalue weighted by Gasteiger charge is 2.40. The topological polar surface area (TPSA) is 88.5 Å². The number of aromatic nitrogens is 5. The predicted molar refractivity (Wildman–Crippen MR) is 204 cm³/mol. The summed E-state index contributed by atoms with van der Waals surface area (Å²) in [5, 5.41) is 7.89. The lowest BCUT2D eigenvalue weighted by Gasteiger charge is -2.37. The summed E-state index contributed by atoms with van der Waals surface area (Å²) in [5.41, 5.74) is 9.46. The third-order valence-electron chi connectivity index (χ3n) is 9.59. The van der Waals surface area contributed by atoms with Gasteiger partial charge in [-0.15, -0.1) is 0 Å². The molecule has 7 nitrogen and oxygen atoms in total. The monoisotopic (exact) mass is 664 g/mol. The van der Waals surface area contributed by atoms with Gasteiger partial charge in [-0.05, 0) is 72.0 Å². The van der Waals surface area contributed by atoms with Crippen LogP contribution in [0, 0.1) is 0 Å². The molecule has 7 heteroatoms. The SMILES string of the molecule is C=C(C)c1cccc(C(C)NC(=O)c2nc3cc4c(-c5ccncc5)[nH]n(C(c5ccccc5)(c5ccccc5)c5ccccc5)c4cc3n2)c1. The van der Waals surface area contributed by atoms with Gasteiger partial charge in [-0.3, -0.25) is 19.6 Å². The number of rotatable bonds is 9. The summed E-state index contributed by atoms with van der Waals surface area (Å²) >= 11 is 0. The van der Waals surface area contributed by atoms with Crippen LogP contribution in [-0.2, 0) is 5.54 Å². The highest BCUT2D eigenvalue weighted by atomic mass is 16.2. The maximum absolute atomic E-state index is 13.6. The van der Waals surface area contributed by atoms with E-state index in [0.29, 0.717) is 11.0 Å². The second kappa shape index (κ2) is 13.0. The molecule has 0 fully saturated rings. The summed E-state index contributed by atoms with van der Waals surface area (Å²) < 4.78 is 2.24. The molecular weight excluding hydrogens is 629 g/mol. The molecule has 8 aromatic rings. The van der Waals surface area contributed by atoms with Gasteiger partial charge in [-0.2, -0.15) is 0 Å². The third-order valence-corrected chi connectivity index (χ3v) is 9.59. The molecule has 51 heavy (non-hydrogen) atoms. The number of nitrogens with one attached hydrogen (secondary N) is 2. The quantitative estimate of drug-likeness (QED) is 0.151. The minimum Gasteiger partial charge on any atom is -0.343 e. The van der Waals surface area contributed by atoms with Gasteiger partial charge in [0.05, 0.1) is 28.3 Å². The lowest BCUT2D eigenvalue weighted by Crippen LogP contribution is -2.38. The van der Waals surface area contributed by atoms with Crippen LogP contribution in [0.5, 0.6) is 0 Å². The minimum atomic E-state index is -0.811. The lowest BCUT2D eigenvalue weighted by molar-refractivity contribution is 0.0930. The second-order valence-corrected chi connectivity index (χ2v) is 12.9. The van der Waals surface area contributed by atoms with E-state index in [4.69, 9.17) is 9.97 Å². The van der Waals surface area contributed by atoms with Crippen molar-refractivity contribution < 1.29 is 4.79 Å². The van der Waals surface area contributed by atoms with E-state index in [0.717, 1.165) is 55.6 Å². The molecule has 1 unspecified atom stereocenters. The molecule has 2 N–H and O–H groups in total. The zero-order chi connectivity index (χ0) is 35.0. The van der Waals surface area contributed by atoms with Gasteiger partial charge < -0.3 is 5.32 Å². The number of hydrogen-bond acceptors (Lipinski definition) is 4. The van der Waals surface area contributed by atoms with Crippen LogP contribution in [0.4, 0.5) is 0 Å². The number of hydrogen-bond donors (Lipinski definition) is 2. The summed E-state index contributed by atoms with van der Waals surface area (Å²) in [7, 11) is 0. The van der Waals surface area contributed by atoms with Crippen molar-refractivity contribution >= 4 is 33.4 Å². The number of fused-ring (bicyclic) bond motifs is 2. The second-order valence-electron chi connectivity index (χ2n) is 12.9. The van der Waals surface area contributed by atoms with Crippen LogP contribution in [0.1, 0.15) is 58.3 Å². The van der Waals surface area contributed by atoms with Crippen LogP contribution < -0.4 is 5.32 Å². The van der Waals surface area contributed by atoms with Crippen LogP contribution in [0.2, 0.25) is 0 Å². The van der Waals surface area contributed by atoms with Crippen molar-refractivity contribution in [2.24, 2.45) is 0 Å². The average molecular weight is 665 g/mol.